The van der Waals surface area contributed by atoms with Gasteiger partial charge >= 0.3 is 0 Å². The van der Waals surface area contributed by atoms with Crippen LogP contribution in [-0.2, 0) is 0 Å². The number of carbonyl (C=O) groups excluding carboxylic acids is 1. The number of aromatic nitrogens is 2. The summed E-state index contributed by atoms with van der Waals surface area (Å²) in [6, 6.07) is 12.0. The van der Waals surface area contributed by atoms with Gasteiger partial charge in [-0.1, -0.05) is 6.92 Å². The van der Waals surface area contributed by atoms with Crippen LogP contribution in [0.5, 0.6) is 0 Å². The van der Waals surface area contributed by atoms with Gasteiger partial charge in [0.05, 0.1) is 0 Å². The smallest absolute Gasteiger partial charge is 0.274 e. The largest absolute Gasteiger partial charge is 0.372 e. The van der Waals surface area contributed by atoms with Crippen molar-refractivity contribution >= 4 is 23.1 Å². The van der Waals surface area contributed by atoms with Crippen molar-refractivity contribution in [1.82, 2.24) is 20.0 Å². The molecular formula is C22H30N6O. The van der Waals surface area contributed by atoms with Gasteiger partial charge in [0.15, 0.2) is 11.5 Å². The maximum Gasteiger partial charge on any atom is 0.274 e. The molecule has 0 saturated carbocycles. The van der Waals surface area contributed by atoms with E-state index in [0.717, 1.165) is 50.9 Å². The molecule has 1 aromatic heterocycles. The molecule has 0 unspecified atom stereocenters. The van der Waals surface area contributed by atoms with Gasteiger partial charge in [-0.05, 0) is 62.2 Å². The van der Waals surface area contributed by atoms with Crippen molar-refractivity contribution < 1.29 is 4.79 Å². The topological polar surface area (TPSA) is 64.6 Å². The van der Waals surface area contributed by atoms with Crippen LogP contribution in [0.2, 0.25) is 0 Å². The first-order chi connectivity index (χ1) is 14.1. The van der Waals surface area contributed by atoms with Gasteiger partial charge in [0.1, 0.15) is 0 Å². The fourth-order valence-electron chi connectivity index (χ4n) is 3.85. The van der Waals surface area contributed by atoms with Gasteiger partial charge in [-0.2, -0.15) is 0 Å². The average molecular weight is 395 g/mol. The fraction of sp³-hybridized carbons (Fsp3) is 0.500. The van der Waals surface area contributed by atoms with Crippen LogP contribution in [0.15, 0.2) is 36.4 Å². The number of likely N-dealkylation sites (N-methyl/N-ethyl adjacent to an activating group) is 1. The Labute approximate surface area is 172 Å². The van der Waals surface area contributed by atoms with Gasteiger partial charge < -0.3 is 20.0 Å². The minimum Gasteiger partial charge on any atom is -0.372 e. The van der Waals surface area contributed by atoms with Crippen LogP contribution in [0.1, 0.15) is 30.3 Å². The number of carbonyl (C=O) groups is 1. The highest BCUT2D eigenvalue weighted by atomic mass is 16.2. The number of piperazine rings is 1. The highest BCUT2D eigenvalue weighted by Gasteiger charge is 2.21. The number of nitrogens with zero attached hydrogens (tertiary/aromatic N) is 5. The Morgan fingerprint density at radius 3 is 2.24 bits per heavy atom. The Balaban J connectivity index is 1.34. The molecule has 2 aliphatic heterocycles. The van der Waals surface area contributed by atoms with Crippen molar-refractivity contribution in [3.63, 3.8) is 0 Å². The second kappa shape index (κ2) is 8.78. The van der Waals surface area contributed by atoms with Crippen molar-refractivity contribution in [2.75, 3.05) is 56.5 Å². The van der Waals surface area contributed by atoms with Crippen LogP contribution >= 0.6 is 0 Å². The van der Waals surface area contributed by atoms with Crippen molar-refractivity contribution in [2.24, 2.45) is 5.92 Å². The Hall–Kier alpha value is -2.67. The highest BCUT2D eigenvalue weighted by molar-refractivity contribution is 5.92. The van der Waals surface area contributed by atoms with E-state index in [4.69, 9.17) is 0 Å². The molecule has 1 N–H and O–H groups in total. The lowest BCUT2D eigenvalue weighted by molar-refractivity contribution is 0.0657. The zero-order chi connectivity index (χ0) is 20.2. The predicted molar refractivity (Wildman–Crippen MR) is 116 cm³/mol. The van der Waals surface area contributed by atoms with Gasteiger partial charge in [0.25, 0.3) is 5.91 Å². The summed E-state index contributed by atoms with van der Waals surface area (Å²) in [6.07, 6.45) is 2.52. The maximum atomic E-state index is 12.6. The van der Waals surface area contributed by atoms with Gasteiger partial charge in [-0.3, -0.25) is 4.79 Å². The average Bonchev–Trinajstić information content (AvgIpc) is 2.76. The lowest BCUT2D eigenvalue weighted by Crippen LogP contribution is -2.47. The fourth-order valence-corrected chi connectivity index (χ4v) is 3.85. The first kappa shape index (κ1) is 19.6. The van der Waals surface area contributed by atoms with Crippen LogP contribution in [0, 0.1) is 5.92 Å². The second-order valence-corrected chi connectivity index (χ2v) is 8.24. The van der Waals surface area contributed by atoms with E-state index >= 15 is 0 Å². The molecule has 2 saturated heterocycles. The summed E-state index contributed by atoms with van der Waals surface area (Å²) in [5, 5.41) is 11.6. The van der Waals surface area contributed by atoms with E-state index in [1.54, 1.807) is 6.07 Å². The van der Waals surface area contributed by atoms with Crippen molar-refractivity contribution in [2.45, 2.75) is 19.8 Å². The molecule has 154 valence electrons. The number of hydrogen-bond acceptors (Lipinski definition) is 6. The molecule has 1 amide bonds. The SMILES string of the molecule is CC1CCN(c2ccc(Nc3ccc(C(=O)N4CCN(C)CC4)nn3)cc2)CC1. The molecule has 2 fully saturated rings. The number of benzene rings is 1. The molecule has 0 aliphatic carbocycles. The minimum absolute atomic E-state index is 0.0441. The molecule has 2 aromatic rings. The Kier molecular flexibility index (Phi) is 5.94. The van der Waals surface area contributed by atoms with Crippen LogP contribution < -0.4 is 10.2 Å². The third-order valence-corrected chi connectivity index (χ3v) is 5.96. The predicted octanol–water partition coefficient (Wildman–Crippen LogP) is 2.84. The number of piperidine rings is 1. The van der Waals surface area contributed by atoms with Crippen molar-refractivity contribution in [3.05, 3.63) is 42.1 Å². The van der Waals surface area contributed by atoms with E-state index in [1.165, 1.54) is 18.5 Å². The van der Waals surface area contributed by atoms with E-state index in [9.17, 15) is 4.79 Å². The lowest BCUT2D eigenvalue weighted by atomic mass is 9.99. The molecule has 7 nitrogen and oxygen atoms in total. The van der Waals surface area contributed by atoms with Crippen LogP contribution in [0.3, 0.4) is 0 Å². The molecule has 2 aliphatic rings. The standard InChI is InChI=1S/C22H30N6O/c1-17-9-11-27(12-10-17)19-5-3-18(4-6-19)23-21-8-7-20(24-25-21)22(29)28-15-13-26(2)14-16-28/h3-8,17H,9-16H2,1-2H3,(H,23,25). The van der Waals surface area contributed by atoms with Gasteiger partial charge in [-0.25, -0.2) is 0 Å². The zero-order valence-electron chi connectivity index (χ0n) is 17.3. The van der Waals surface area contributed by atoms with E-state index in [2.05, 4.69) is 63.6 Å². The summed E-state index contributed by atoms with van der Waals surface area (Å²) in [5.41, 5.74) is 2.63. The second-order valence-electron chi connectivity index (χ2n) is 8.24. The molecule has 29 heavy (non-hydrogen) atoms. The van der Waals surface area contributed by atoms with Crippen LogP contribution in [0.25, 0.3) is 0 Å². The van der Waals surface area contributed by atoms with E-state index in [0.29, 0.717) is 11.5 Å². The third-order valence-electron chi connectivity index (χ3n) is 5.96. The maximum absolute atomic E-state index is 12.6. The summed E-state index contributed by atoms with van der Waals surface area (Å²) in [6.45, 7) is 7.84. The molecule has 0 bridgehead atoms. The van der Waals surface area contributed by atoms with E-state index in [-0.39, 0.29) is 5.91 Å². The zero-order valence-corrected chi connectivity index (χ0v) is 17.3. The molecule has 7 heteroatoms. The monoisotopic (exact) mass is 394 g/mol. The van der Waals surface area contributed by atoms with E-state index < -0.39 is 0 Å². The lowest BCUT2D eigenvalue weighted by Gasteiger charge is -2.32. The molecule has 0 atom stereocenters. The number of rotatable bonds is 4. The third kappa shape index (κ3) is 4.85. The Morgan fingerprint density at radius 1 is 0.931 bits per heavy atom. The van der Waals surface area contributed by atoms with E-state index in [1.807, 2.05) is 11.0 Å². The first-order valence-electron chi connectivity index (χ1n) is 10.5. The summed E-state index contributed by atoms with van der Waals surface area (Å²) < 4.78 is 0. The molecule has 0 radical (unpaired) electrons. The molecule has 1 aromatic carbocycles. The summed E-state index contributed by atoms with van der Waals surface area (Å²) >= 11 is 0. The number of hydrogen-bond donors (Lipinski definition) is 1. The van der Waals surface area contributed by atoms with Gasteiger partial charge in [0, 0.05) is 50.6 Å². The summed E-state index contributed by atoms with van der Waals surface area (Å²) in [4.78, 5) is 19.1. The summed E-state index contributed by atoms with van der Waals surface area (Å²) in [7, 11) is 2.07. The highest BCUT2D eigenvalue weighted by Crippen LogP contribution is 2.25. The molecule has 0 spiro atoms. The number of anilines is 3. The van der Waals surface area contributed by atoms with Gasteiger partial charge in [0.2, 0.25) is 0 Å². The van der Waals surface area contributed by atoms with Crippen molar-refractivity contribution in [1.29, 1.82) is 0 Å². The van der Waals surface area contributed by atoms with Gasteiger partial charge in [-0.15, -0.1) is 10.2 Å². The molecular weight excluding hydrogens is 364 g/mol. The molecule has 3 heterocycles. The van der Waals surface area contributed by atoms with Crippen LogP contribution in [-0.4, -0.2) is 72.2 Å². The normalized spacial score (nSPS) is 18.7. The minimum atomic E-state index is -0.0441. The number of amides is 1. The quantitative estimate of drug-likeness (QED) is 0.860. The van der Waals surface area contributed by atoms with Crippen LogP contribution in [0.4, 0.5) is 17.2 Å². The summed E-state index contributed by atoms with van der Waals surface area (Å²) in [5.74, 6) is 1.42. The molecule has 4 rings (SSSR count). The Bertz CT molecular complexity index is 806. The first-order valence-corrected chi connectivity index (χ1v) is 10.5. The Morgan fingerprint density at radius 2 is 1.62 bits per heavy atom. The number of nitrogens with one attached hydrogen (secondary N) is 1. The van der Waals surface area contributed by atoms with Crippen molar-refractivity contribution in [3.8, 4) is 0 Å².